The number of benzene rings is 9. The molecule has 9 aromatic carbocycles. The van der Waals surface area contributed by atoms with Gasteiger partial charge in [-0.25, -0.2) is 15.0 Å². The third kappa shape index (κ3) is 4.73. The van der Waals surface area contributed by atoms with Gasteiger partial charge in [-0.2, -0.15) is 0 Å². The molecular weight excluding hydrogens is 743 g/mol. The molecule has 2 aliphatic rings. The molecule has 0 saturated heterocycles. The normalized spacial score (nSPS) is 14.5. The van der Waals surface area contributed by atoms with E-state index in [9.17, 15) is 0 Å². The van der Waals surface area contributed by atoms with Crippen molar-refractivity contribution >= 4 is 54.3 Å². The highest BCUT2D eigenvalue weighted by atomic mass is 16.3. The van der Waals surface area contributed by atoms with Gasteiger partial charge in [0.25, 0.3) is 0 Å². The number of aromatic nitrogens is 3. The summed E-state index contributed by atoms with van der Waals surface area (Å²) in [7, 11) is 0. The Morgan fingerprint density at radius 1 is 0.377 bits per heavy atom. The van der Waals surface area contributed by atoms with Crippen LogP contribution in [-0.4, -0.2) is 15.0 Å². The van der Waals surface area contributed by atoms with Crippen molar-refractivity contribution in [2.24, 2.45) is 0 Å². The second-order valence-corrected chi connectivity index (χ2v) is 17.9. The van der Waals surface area contributed by atoms with Gasteiger partial charge < -0.3 is 4.42 Å². The summed E-state index contributed by atoms with van der Waals surface area (Å²) in [4.78, 5) is 16.2. The molecule has 0 unspecified atom stereocenters. The molecule has 4 heteroatoms. The molecule has 61 heavy (non-hydrogen) atoms. The van der Waals surface area contributed by atoms with Crippen LogP contribution in [0.1, 0.15) is 49.9 Å². The first-order valence-electron chi connectivity index (χ1n) is 21.2. The molecule has 0 aliphatic heterocycles. The van der Waals surface area contributed by atoms with E-state index in [4.69, 9.17) is 19.4 Å². The number of fused-ring (bicyclic) bond motifs is 15. The van der Waals surface area contributed by atoms with E-state index in [-0.39, 0.29) is 10.8 Å². The van der Waals surface area contributed by atoms with Crippen LogP contribution in [0.5, 0.6) is 0 Å². The highest BCUT2D eigenvalue weighted by Crippen LogP contribution is 2.55. The molecule has 0 fully saturated rings. The van der Waals surface area contributed by atoms with Gasteiger partial charge in [0.2, 0.25) is 0 Å². The van der Waals surface area contributed by atoms with E-state index in [0.717, 1.165) is 49.6 Å². The van der Waals surface area contributed by atoms with E-state index in [2.05, 4.69) is 185 Å². The van der Waals surface area contributed by atoms with Crippen molar-refractivity contribution in [2.45, 2.75) is 38.5 Å². The Labute approximate surface area is 353 Å². The third-order valence-electron chi connectivity index (χ3n) is 13.9. The number of hydrogen-bond acceptors (Lipinski definition) is 4. The van der Waals surface area contributed by atoms with Crippen molar-refractivity contribution in [3.8, 4) is 56.4 Å². The Morgan fingerprint density at radius 3 is 1.75 bits per heavy atom. The molecule has 2 aliphatic carbocycles. The largest absolute Gasteiger partial charge is 0.455 e. The van der Waals surface area contributed by atoms with Crippen LogP contribution in [0, 0.1) is 0 Å². The van der Waals surface area contributed by atoms with Gasteiger partial charge in [-0.1, -0.05) is 167 Å². The van der Waals surface area contributed by atoms with Crippen molar-refractivity contribution in [1.82, 2.24) is 15.0 Å². The van der Waals surface area contributed by atoms with Gasteiger partial charge in [0.15, 0.2) is 17.5 Å². The SMILES string of the molecule is CC1(C)c2ccccc2-c2c1ccc1c2ccc2ccc(-c3nc(-c4ccc5ccccc5c4)nc(-c4cc5c(c6oc7ccccc7c46)-c4ccccc4C5(C)C)n3)cc21. The topological polar surface area (TPSA) is 51.8 Å². The standard InChI is InChI=1S/C57H39N3O/c1-56(2)44-18-10-7-15-39(44)49-38-26-25-33-22-24-36(30-42(33)37(38)27-28-46(49)56)54-58-53(35-23-21-32-13-5-6-14-34(32)29-35)59-55(60-54)43-31-47-51(40-16-8-11-19-45(40)57(47,3)4)52-50(43)41-17-9-12-20-48(41)61-52/h5-31H,1-4H3. The Kier molecular flexibility index (Phi) is 6.82. The molecule has 0 saturated carbocycles. The molecule has 0 radical (unpaired) electrons. The fraction of sp³-hybridized carbons (Fsp3) is 0.105. The summed E-state index contributed by atoms with van der Waals surface area (Å²) >= 11 is 0. The van der Waals surface area contributed by atoms with Gasteiger partial charge in [-0.3, -0.25) is 0 Å². The minimum Gasteiger partial charge on any atom is -0.455 e. The summed E-state index contributed by atoms with van der Waals surface area (Å²) in [6, 6.07) is 59.1. The molecule has 0 N–H and O–H groups in total. The Balaban J connectivity index is 1.08. The van der Waals surface area contributed by atoms with E-state index in [0.29, 0.717) is 17.5 Å². The lowest BCUT2D eigenvalue weighted by Crippen LogP contribution is -2.15. The Hall–Kier alpha value is -7.43. The molecule has 4 nitrogen and oxygen atoms in total. The second kappa shape index (κ2) is 12.1. The summed E-state index contributed by atoms with van der Waals surface area (Å²) in [5.74, 6) is 1.88. The van der Waals surface area contributed by atoms with Gasteiger partial charge in [-0.05, 0) is 95.5 Å². The lowest BCUT2D eigenvalue weighted by atomic mass is 9.81. The van der Waals surface area contributed by atoms with Crippen LogP contribution in [-0.2, 0) is 10.8 Å². The molecule has 11 aromatic rings. The molecule has 0 atom stereocenters. The van der Waals surface area contributed by atoms with Crippen LogP contribution in [0.25, 0.3) is 111 Å². The Morgan fingerprint density at radius 2 is 0.967 bits per heavy atom. The fourth-order valence-electron chi connectivity index (χ4n) is 10.8. The minimum atomic E-state index is -0.264. The highest BCUT2D eigenvalue weighted by molar-refractivity contribution is 6.18. The zero-order valence-corrected chi connectivity index (χ0v) is 34.3. The lowest BCUT2D eigenvalue weighted by Gasteiger charge is -2.22. The average molecular weight is 782 g/mol. The summed E-state index contributed by atoms with van der Waals surface area (Å²) in [5.41, 5.74) is 14.5. The van der Waals surface area contributed by atoms with Gasteiger partial charge >= 0.3 is 0 Å². The van der Waals surface area contributed by atoms with Crippen LogP contribution in [0.4, 0.5) is 0 Å². The summed E-state index contributed by atoms with van der Waals surface area (Å²) in [5, 5.41) is 9.22. The van der Waals surface area contributed by atoms with E-state index in [1.807, 2.05) is 6.07 Å². The average Bonchev–Trinajstić information content (AvgIpc) is 3.88. The molecule has 2 aromatic heterocycles. The number of nitrogens with zero attached hydrogens (tertiary/aromatic N) is 3. The highest BCUT2D eigenvalue weighted by Gasteiger charge is 2.39. The van der Waals surface area contributed by atoms with Crippen molar-refractivity contribution in [1.29, 1.82) is 0 Å². The summed E-state index contributed by atoms with van der Waals surface area (Å²) in [6.45, 7) is 9.30. The van der Waals surface area contributed by atoms with Gasteiger partial charge in [0.1, 0.15) is 11.2 Å². The number of hydrogen-bond donors (Lipinski definition) is 0. The fourth-order valence-corrected chi connectivity index (χ4v) is 10.8. The number of rotatable bonds is 3. The van der Waals surface area contributed by atoms with Crippen LogP contribution < -0.4 is 0 Å². The first-order chi connectivity index (χ1) is 29.7. The molecule has 13 rings (SSSR count). The molecule has 288 valence electrons. The monoisotopic (exact) mass is 781 g/mol. The van der Waals surface area contributed by atoms with Crippen LogP contribution in [0.2, 0.25) is 0 Å². The van der Waals surface area contributed by atoms with Crippen LogP contribution in [0.15, 0.2) is 168 Å². The van der Waals surface area contributed by atoms with Crippen molar-refractivity contribution in [2.75, 3.05) is 0 Å². The van der Waals surface area contributed by atoms with E-state index in [1.165, 1.54) is 65.9 Å². The predicted octanol–water partition coefficient (Wildman–Crippen LogP) is 14.8. The van der Waals surface area contributed by atoms with Crippen LogP contribution in [0.3, 0.4) is 0 Å². The third-order valence-corrected chi connectivity index (χ3v) is 13.9. The zero-order valence-electron chi connectivity index (χ0n) is 34.3. The molecule has 0 bridgehead atoms. The minimum absolute atomic E-state index is 0.0708. The number of para-hydroxylation sites is 1. The van der Waals surface area contributed by atoms with Crippen molar-refractivity contribution < 1.29 is 4.42 Å². The zero-order chi connectivity index (χ0) is 40.8. The van der Waals surface area contributed by atoms with Crippen LogP contribution >= 0.6 is 0 Å². The summed E-state index contributed by atoms with van der Waals surface area (Å²) < 4.78 is 6.87. The quantitative estimate of drug-likeness (QED) is 0.168. The molecule has 0 spiro atoms. The van der Waals surface area contributed by atoms with E-state index < -0.39 is 0 Å². The Bertz CT molecular complexity index is 3720. The van der Waals surface area contributed by atoms with Gasteiger partial charge in [-0.15, -0.1) is 0 Å². The van der Waals surface area contributed by atoms with Crippen molar-refractivity contribution in [3.05, 3.63) is 186 Å². The predicted molar refractivity (Wildman–Crippen MR) is 251 cm³/mol. The smallest absolute Gasteiger partial charge is 0.164 e. The first-order valence-corrected chi connectivity index (χ1v) is 21.2. The van der Waals surface area contributed by atoms with Gasteiger partial charge in [0, 0.05) is 43.9 Å². The second-order valence-electron chi connectivity index (χ2n) is 17.9. The lowest BCUT2D eigenvalue weighted by molar-refractivity contribution is 0.653. The van der Waals surface area contributed by atoms with E-state index in [1.54, 1.807) is 0 Å². The number of furan rings is 1. The first kappa shape index (κ1) is 34.4. The van der Waals surface area contributed by atoms with Gasteiger partial charge in [0.05, 0.1) is 0 Å². The maximum absolute atomic E-state index is 6.87. The molecule has 2 heterocycles. The molecular formula is C57H39N3O. The maximum atomic E-state index is 6.87. The van der Waals surface area contributed by atoms with E-state index >= 15 is 0 Å². The molecule has 0 amide bonds. The van der Waals surface area contributed by atoms with Crippen molar-refractivity contribution in [3.63, 3.8) is 0 Å². The maximum Gasteiger partial charge on any atom is 0.164 e. The summed E-state index contributed by atoms with van der Waals surface area (Å²) in [6.07, 6.45) is 0.